The smallest absolute Gasteiger partial charge is 0.303 e. The normalized spacial score (nSPS) is 12.1. The van der Waals surface area contributed by atoms with Gasteiger partial charge in [0.15, 0.2) is 5.96 Å². The van der Waals surface area contributed by atoms with E-state index in [1.807, 2.05) is 66.9 Å². The van der Waals surface area contributed by atoms with Crippen molar-refractivity contribution >= 4 is 41.4 Å². The van der Waals surface area contributed by atoms with E-state index in [0.717, 1.165) is 5.56 Å². The first-order chi connectivity index (χ1) is 22.3. The van der Waals surface area contributed by atoms with Crippen LogP contribution in [-0.2, 0) is 19.2 Å². The molecule has 47 heavy (non-hydrogen) atoms. The van der Waals surface area contributed by atoms with Gasteiger partial charge in [-0.05, 0) is 44.2 Å². The second-order valence-electron chi connectivity index (χ2n) is 11.2. The summed E-state index contributed by atoms with van der Waals surface area (Å²) in [5, 5.41) is 17.4. The van der Waals surface area contributed by atoms with Crippen molar-refractivity contribution in [2.75, 3.05) is 11.9 Å². The lowest BCUT2D eigenvalue weighted by molar-refractivity contribution is -0.137. The van der Waals surface area contributed by atoms with E-state index in [1.54, 1.807) is 12.1 Å². The van der Waals surface area contributed by atoms with Crippen LogP contribution in [0.3, 0.4) is 0 Å². The Balaban J connectivity index is 2.29. The SMILES string of the molecule is CC(=O)NC(CCCN=C(N)N)C(=O)Nc1c(C(=O)NC(CCC(=O)O)C(N)=O)c(-c2ccccc2)c(-c2ccccc2)n1C(C)C. The molecule has 0 radical (unpaired) electrons. The molecule has 2 aromatic carbocycles. The first kappa shape index (κ1) is 35.8. The average molecular weight is 647 g/mol. The third-order valence-electron chi connectivity index (χ3n) is 7.24. The Hall–Kier alpha value is -5.66. The van der Waals surface area contributed by atoms with Gasteiger partial charge in [0, 0.05) is 31.5 Å². The van der Waals surface area contributed by atoms with Gasteiger partial charge in [-0.1, -0.05) is 60.7 Å². The lowest BCUT2D eigenvalue weighted by Crippen LogP contribution is -2.45. The molecule has 10 N–H and O–H groups in total. The highest BCUT2D eigenvalue weighted by Gasteiger charge is 2.34. The van der Waals surface area contributed by atoms with Crippen molar-refractivity contribution in [1.82, 2.24) is 15.2 Å². The molecule has 0 aliphatic carbocycles. The van der Waals surface area contributed by atoms with Crippen molar-refractivity contribution in [2.24, 2.45) is 22.2 Å². The van der Waals surface area contributed by atoms with E-state index in [-0.39, 0.29) is 42.8 Å². The minimum absolute atomic E-state index is 0.0285. The average Bonchev–Trinajstić information content (AvgIpc) is 3.36. The molecule has 0 saturated carbocycles. The quantitative estimate of drug-likeness (QED) is 0.0691. The Morgan fingerprint density at radius 2 is 1.45 bits per heavy atom. The zero-order valence-corrected chi connectivity index (χ0v) is 26.7. The van der Waals surface area contributed by atoms with Crippen LogP contribution in [0.5, 0.6) is 0 Å². The van der Waals surface area contributed by atoms with E-state index >= 15 is 0 Å². The molecule has 14 heteroatoms. The highest BCUT2D eigenvalue weighted by atomic mass is 16.4. The zero-order chi connectivity index (χ0) is 34.7. The number of aliphatic carboxylic acids is 1. The minimum atomic E-state index is -1.31. The van der Waals surface area contributed by atoms with Crippen molar-refractivity contribution in [1.29, 1.82) is 0 Å². The number of carbonyl (C=O) groups is 5. The van der Waals surface area contributed by atoms with Crippen LogP contribution in [0.2, 0.25) is 0 Å². The highest BCUT2D eigenvalue weighted by molar-refractivity contribution is 6.13. The number of rotatable bonds is 16. The van der Waals surface area contributed by atoms with Crippen LogP contribution in [0.15, 0.2) is 65.7 Å². The maximum Gasteiger partial charge on any atom is 0.303 e. The number of aliphatic imine (C=N–C) groups is 1. The van der Waals surface area contributed by atoms with Gasteiger partial charge in [-0.15, -0.1) is 0 Å². The van der Waals surface area contributed by atoms with Crippen LogP contribution in [0.1, 0.15) is 62.9 Å². The monoisotopic (exact) mass is 646 g/mol. The van der Waals surface area contributed by atoms with E-state index in [0.29, 0.717) is 23.2 Å². The predicted octanol–water partition coefficient (Wildman–Crippen LogP) is 2.35. The number of nitrogens with two attached hydrogens (primary N) is 3. The Bertz CT molecular complexity index is 1610. The third-order valence-corrected chi connectivity index (χ3v) is 7.24. The Morgan fingerprint density at radius 1 is 0.851 bits per heavy atom. The number of amides is 4. The fraction of sp³-hybridized carbons (Fsp3) is 0.333. The number of carboxylic acids is 1. The number of anilines is 1. The summed E-state index contributed by atoms with van der Waals surface area (Å²) in [5.41, 5.74) is 18.9. The molecule has 0 aliphatic heterocycles. The van der Waals surface area contributed by atoms with Crippen LogP contribution in [0.4, 0.5) is 5.82 Å². The molecular weight excluding hydrogens is 604 g/mol. The van der Waals surface area contributed by atoms with Crippen LogP contribution in [0, 0.1) is 0 Å². The van der Waals surface area contributed by atoms with Crippen LogP contribution in [0.25, 0.3) is 22.4 Å². The molecular formula is C33H42N8O6. The van der Waals surface area contributed by atoms with Crippen LogP contribution in [-0.4, -0.2) is 63.9 Å². The molecule has 2 unspecified atom stereocenters. The standard InChI is InChI=1S/C33H42N8O6/c1-19(2)41-28(22-13-8-5-9-14-22)26(21-11-6-4-7-12-21)27(32(47)39-23(29(34)45)16-17-25(43)44)30(41)40-31(46)24(38-20(3)42)15-10-18-37-33(35)36/h4-9,11-14,19,23-24H,10,15-18H2,1-3H3,(H2,34,45)(H,38,42)(H,39,47)(H,40,46)(H,43,44)(H4,35,36,37). The van der Waals surface area contributed by atoms with Crippen molar-refractivity contribution in [3.63, 3.8) is 0 Å². The summed E-state index contributed by atoms with van der Waals surface area (Å²) in [5.74, 6) is -3.86. The van der Waals surface area contributed by atoms with E-state index in [9.17, 15) is 29.1 Å². The Labute approximate surface area is 272 Å². The van der Waals surface area contributed by atoms with E-state index < -0.39 is 48.1 Å². The number of aromatic nitrogens is 1. The Kier molecular flexibility index (Phi) is 12.6. The number of nitrogens with zero attached hydrogens (tertiary/aromatic N) is 2. The number of guanidine groups is 1. The molecule has 3 rings (SSSR count). The maximum atomic E-state index is 14.3. The van der Waals surface area contributed by atoms with Crippen molar-refractivity contribution in [3.05, 3.63) is 66.2 Å². The maximum absolute atomic E-state index is 14.3. The van der Waals surface area contributed by atoms with E-state index in [1.165, 1.54) is 6.92 Å². The summed E-state index contributed by atoms with van der Waals surface area (Å²) >= 11 is 0. The van der Waals surface area contributed by atoms with E-state index in [2.05, 4.69) is 20.9 Å². The van der Waals surface area contributed by atoms with Gasteiger partial charge in [-0.3, -0.25) is 29.0 Å². The number of carbonyl (C=O) groups excluding carboxylic acids is 4. The number of hydrogen-bond donors (Lipinski definition) is 7. The zero-order valence-electron chi connectivity index (χ0n) is 26.7. The van der Waals surface area contributed by atoms with Gasteiger partial charge >= 0.3 is 5.97 Å². The van der Waals surface area contributed by atoms with Gasteiger partial charge in [0.2, 0.25) is 17.7 Å². The lowest BCUT2D eigenvalue weighted by Gasteiger charge is -2.22. The summed E-state index contributed by atoms with van der Waals surface area (Å²) in [6, 6.07) is 15.7. The highest BCUT2D eigenvalue weighted by Crippen LogP contribution is 2.44. The number of benzene rings is 2. The topological polar surface area (TPSA) is 237 Å². The minimum Gasteiger partial charge on any atom is -0.481 e. The van der Waals surface area contributed by atoms with Gasteiger partial charge in [0.05, 0.1) is 11.3 Å². The number of carboxylic acid groups (broad SMARTS) is 1. The molecule has 0 saturated heterocycles. The fourth-order valence-electron chi connectivity index (χ4n) is 5.22. The second kappa shape index (κ2) is 16.6. The molecule has 3 aromatic rings. The molecule has 0 spiro atoms. The first-order valence-corrected chi connectivity index (χ1v) is 15.2. The summed E-state index contributed by atoms with van der Waals surface area (Å²) in [4.78, 5) is 67.9. The summed E-state index contributed by atoms with van der Waals surface area (Å²) in [6.45, 7) is 5.29. The molecule has 1 heterocycles. The largest absolute Gasteiger partial charge is 0.481 e. The fourth-order valence-corrected chi connectivity index (χ4v) is 5.22. The van der Waals surface area contributed by atoms with Gasteiger partial charge in [0.25, 0.3) is 5.91 Å². The number of hydrogen-bond acceptors (Lipinski definition) is 6. The molecule has 0 bridgehead atoms. The molecule has 0 fully saturated rings. The molecule has 0 aliphatic rings. The lowest BCUT2D eigenvalue weighted by atomic mass is 9.96. The number of nitrogens with one attached hydrogen (secondary N) is 3. The van der Waals surface area contributed by atoms with Crippen LogP contribution >= 0.6 is 0 Å². The summed E-state index contributed by atoms with van der Waals surface area (Å²) < 4.78 is 1.81. The van der Waals surface area contributed by atoms with Crippen molar-refractivity contribution in [3.8, 4) is 22.4 Å². The van der Waals surface area contributed by atoms with Crippen molar-refractivity contribution < 1.29 is 29.1 Å². The van der Waals surface area contributed by atoms with Gasteiger partial charge in [-0.2, -0.15) is 0 Å². The first-order valence-electron chi connectivity index (χ1n) is 15.2. The molecule has 2 atom stereocenters. The third kappa shape index (κ3) is 9.66. The molecule has 4 amide bonds. The van der Waals surface area contributed by atoms with Crippen molar-refractivity contribution in [2.45, 2.75) is 64.6 Å². The van der Waals surface area contributed by atoms with Gasteiger partial charge in [-0.25, -0.2) is 0 Å². The van der Waals surface area contributed by atoms with Gasteiger partial charge in [0.1, 0.15) is 17.9 Å². The number of primary amides is 1. The summed E-state index contributed by atoms with van der Waals surface area (Å²) in [7, 11) is 0. The molecule has 1 aromatic heterocycles. The molecule has 250 valence electrons. The predicted molar refractivity (Wildman–Crippen MR) is 179 cm³/mol. The summed E-state index contributed by atoms with van der Waals surface area (Å²) in [6.07, 6.45) is -0.107. The Morgan fingerprint density at radius 3 is 1.96 bits per heavy atom. The molecule has 14 nitrogen and oxygen atoms in total. The van der Waals surface area contributed by atoms with E-state index in [4.69, 9.17) is 17.2 Å². The second-order valence-corrected chi connectivity index (χ2v) is 11.2. The van der Waals surface area contributed by atoms with Gasteiger partial charge < -0.3 is 42.8 Å². The van der Waals surface area contributed by atoms with Crippen LogP contribution < -0.4 is 33.2 Å².